The third kappa shape index (κ3) is 4.57. The lowest BCUT2D eigenvalue weighted by atomic mass is 9.93. The maximum atomic E-state index is 12.8. The van der Waals surface area contributed by atoms with Crippen molar-refractivity contribution in [3.05, 3.63) is 83.7 Å². The number of benzene rings is 2. The van der Waals surface area contributed by atoms with Crippen molar-refractivity contribution in [2.75, 3.05) is 11.4 Å². The Morgan fingerprint density at radius 3 is 2.53 bits per heavy atom. The van der Waals surface area contributed by atoms with Gasteiger partial charge in [-0.05, 0) is 57.0 Å². The smallest absolute Gasteiger partial charge is 0.313 e. The third-order valence-corrected chi connectivity index (χ3v) is 5.61. The van der Waals surface area contributed by atoms with E-state index in [9.17, 15) is 9.59 Å². The van der Waals surface area contributed by atoms with Crippen molar-refractivity contribution in [1.82, 2.24) is 4.98 Å². The molecule has 1 atom stereocenters. The van der Waals surface area contributed by atoms with Gasteiger partial charge >= 0.3 is 5.97 Å². The molecule has 1 unspecified atom stereocenters. The maximum Gasteiger partial charge on any atom is 0.313 e. The molecule has 5 nitrogen and oxygen atoms in total. The fourth-order valence-corrected chi connectivity index (χ4v) is 4.00. The minimum absolute atomic E-state index is 0.107. The molecule has 0 aliphatic carbocycles. The molecule has 3 aromatic rings. The van der Waals surface area contributed by atoms with Crippen molar-refractivity contribution in [3.63, 3.8) is 0 Å². The third-order valence-electron chi connectivity index (χ3n) is 5.61. The van der Waals surface area contributed by atoms with Crippen LogP contribution in [0.5, 0.6) is 0 Å². The lowest BCUT2D eigenvalue weighted by Gasteiger charge is -2.32. The largest absolute Gasteiger partial charge is 0.460 e. The Balaban J connectivity index is 1.74. The number of ketones is 1. The number of ether oxygens (including phenoxy) is 1. The van der Waals surface area contributed by atoms with Crippen LogP contribution in [-0.2, 0) is 16.1 Å². The molecule has 164 valence electrons. The average molecular weight is 429 g/mol. The van der Waals surface area contributed by atoms with E-state index < -0.39 is 11.5 Å². The van der Waals surface area contributed by atoms with E-state index in [-0.39, 0.29) is 11.8 Å². The van der Waals surface area contributed by atoms with Crippen LogP contribution in [0.15, 0.2) is 67.0 Å². The van der Waals surface area contributed by atoms with Gasteiger partial charge in [0.1, 0.15) is 5.60 Å². The zero-order valence-electron chi connectivity index (χ0n) is 19.0. The second-order valence-electron chi connectivity index (χ2n) is 9.21. The van der Waals surface area contributed by atoms with Crippen molar-refractivity contribution in [1.29, 1.82) is 0 Å². The van der Waals surface area contributed by atoms with Crippen molar-refractivity contribution >= 4 is 17.4 Å². The fraction of sp³-hybridized carbons (Fsp3) is 0.296. The number of hydrogen-bond donors (Lipinski definition) is 0. The van der Waals surface area contributed by atoms with Crippen LogP contribution < -0.4 is 4.90 Å². The summed E-state index contributed by atoms with van der Waals surface area (Å²) < 4.78 is 5.59. The topological polar surface area (TPSA) is 59.5 Å². The van der Waals surface area contributed by atoms with Crippen LogP contribution in [0.1, 0.15) is 55.1 Å². The number of anilines is 1. The van der Waals surface area contributed by atoms with Crippen LogP contribution in [0.4, 0.5) is 5.69 Å². The van der Waals surface area contributed by atoms with E-state index in [1.165, 1.54) is 0 Å². The number of esters is 1. The zero-order valence-corrected chi connectivity index (χ0v) is 19.0. The summed E-state index contributed by atoms with van der Waals surface area (Å²) >= 11 is 0. The molecular weight excluding hydrogens is 400 g/mol. The number of rotatable bonds is 4. The minimum atomic E-state index is -0.543. The van der Waals surface area contributed by atoms with E-state index in [2.05, 4.69) is 9.88 Å². The Bertz CT molecular complexity index is 1150. The van der Waals surface area contributed by atoms with Crippen molar-refractivity contribution in [2.24, 2.45) is 0 Å². The lowest BCUT2D eigenvalue weighted by Crippen LogP contribution is -2.35. The number of nitrogens with zero attached hydrogens (tertiary/aromatic N) is 2. The molecule has 0 spiro atoms. The van der Waals surface area contributed by atoms with E-state index in [0.29, 0.717) is 13.1 Å². The molecule has 1 aliphatic heterocycles. The van der Waals surface area contributed by atoms with E-state index in [1.54, 1.807) is 12.4 Å². The van der Waals surface area contributed by atoms with Gasteiger partial charge in [0.15, 0.2) is 5.78 Å². The Kier molecular flexibility index (Phi) is 5.83. The van der Waals surface area contributed by atoms with Crippen molar-refractivity contribution in [2.45, 2.75) is 45.8 Å². The van der Waals surface area contributed by atoms with Crippen LogP contribution in [-0.4, -0.2) is 28.9 Å². The van der Waals surface area contributed by atoms with Crippen LogP contribution in [0.25, 0.3) is 11.1 Å². The van der Waals surface area contributed by atoms with E-state index >= 15 is 0 Å². The Hall–Kier alpha value is -3.47. The number of hydrogen-bond acceptors (Lipinski definition) is 5. The first-order chi connectivity index (χ1) is 15.2. The summed E-state index contributed by atoms with van der Waals surface area (Å²) in [5.74, 6) is -0.568. The molecule has 4 rings (SSSR count). The van der Waals surface area contributed by atoms with Gasteiger partial charge in [-0.1, -0.05) is 36.4 Å². The molecule has 32 heavy (non-hydrogen) atoms. The second-order valence-corrected chi connectivity index (χ2v) is 9.21. The molecule has 0 radical (unpaired) electrons. The molecule has 0 amide bonds. The van der Waals surface area contributed by atoms with E-state index in [1.807, 2.05) is 82.3 Å². The minimum Gasteiger partial charge on any atom is -0.460 e. The molecule has 0 fully saturated rings. The maximum absolute atomic E-state index is 12.8. The standard InChI is InChI=1S/C27H28N2O3/c1-18(26(31)32-27(2,3)4)19-11-12-24(23(14-19)20-9-7-13-28-15-20)29-16-21-8-5-6-10-22(21)25(30)17-29/h5-15,18H,16-17H2,1-4H3. The monoisotopic (exact) mass is 428 g/mol. The van der Waals surface area contributed by atoms with Gasteiger partial charge in [0.2, 0.25) is 0 Å². The first-order valence-corrected chi connectivity index (χ1v) is 10.9. The Morgan fingerprint density at radius 1 is 1.03 bits per heavy atom. The molecular formula is C27H28N2O3. The van der Waals surface area contributed by atoms with Crippen molar-refractivity contribution < 1.29 is 14.3 Å². The van der Waals surface area contributed by atoms with Gasteiger partial charge in [-0.3, -0.25) is 14.6 Å². The predicted octanol–water partition coefficient (Wildman–Crippen LogP) is 5.40. The molecule has 1 aromatic heterocycles. The summed E-state index contributed by atoms with van der Waals surface area (Å²) in [4.78, 5) is 31.9. The number of fused-ring (bicyclic) bond motifs is 1. The summed E-state index contributed by atoms with van der Waals surface area (Å²) in [6.07, 6.45) is 3.54. The van der Waals surface area contributed by atoms with Crippen LogP contribution >= 0.6 is 0 Å². The van der Waals surface area contributed by atoms with Gasteiger partial charge in [0, 0.05) is 41.3 Å². The molecule has 0 saturated carbocycles. The highest BCUT2D eigenvalue weighted by Crippen LogP contribution is 2.36. The summed E-state index contributed by atoms with van der Waals surface area (Å²) in [6, 6.07) is 17.6. The van der Waals surface area contributed by atoms with Crippen LogP contribution in [0.2, 0.25) is 0 Å². The van der Waals surface area contributed by atoms with Gasteiger partial charge < -0.3 is 9.64 Å². The summed E-state index contributed by atoms with van der Waals surface area (Å²) in [6.45, 7) is 8.42. The van der Waals surface area contributed by atoms with E-state index in [4.69, 9.17) is 4.74 Å². The normalized spacial score (nSPS) is 14.6. The summed E-state index contributed by atoms with van der Waals surface area (Å²) in [7, 11) is 0. The molecule has 0 N–H and O–H groups in total. The first kappa shape index (κ1) is 21.8. The van der Waals surface area contributed by atoms with Gasteiger partial charge in [-0.25, -0.2) is 0 Å². The Morgan fingerprint density at radius 2 is 1.81 bits per heavy atom. The highest BCUT2D eigenvalue weighted by molar-refractivity contribution is 6.02. The molecule has 2 heterocycles. The van der Waals surface area contributed by atoms with Gasteiger partial charge in [-0.2, -0.15) is 0 Å². The van der Waals surface area contributed by atoms with E-state index in [0.717, 1.165) is 33.5 Å². The molecule has 0 bridgehead atoms. The number of aromatic nitrogens is 1. The zero-order chi connectivity index (χ0) is 22.9. The number of carbonyl (C=O) groups is 2. The molecule has 0 saturated heterocycles. The highest BCUT2D eigenvalue weighted by atomic mass is 16.6. The number of Topliss-reactive ketones (excluding diaryl/α,β-unsaturated/α-hetero) is 1. The van der Waals surface area contributed by atoms with Crippen LogP contribution in [0, 0.1) is 0 Å². The van der Waals surface area contributed by atoms with Gasteiger partial charge in [0.25, 0.3) is 0 Å². The van der Waals surface area contributed by atoms with Crippen molar-refractivity contribution in [3.8, 4) is 11.1 Å². The second kappa shape index (κ2) is 8.58. The lowest BCUT2D eigenvalue weighted by molar-refractivity contribution is -0.156. The van der Waals surface area contributed by atoms with Gasteiger partial charge in [-0.15, -0.1) is 0 Å². The fourth-order valence-electron chi connectivity index (χ4n) is 4.00. The average Bonchev–Trinajstić information content (AvgIpc) is 2.77. The predicted molar refractivity (Wildman–Crippen MR) is 126 cm³/mol. The molecule has 2 aromatic carbocycles. The SMILES string of the molecule is CC(C(=O)OC(C)(C)C)c1ccc(N2CC(=O)c3ccccc3C2)c(-c2cccnc2)c1. The summed E-state index contributed by atoms with van der Waals surface area (Å²) in [5, 5.41) is 0. The van der Waals surface area contributed by atoms with Crippen LogP contribution in [0.3, 0.4) is 0 Å². The quantitative estimate of drug-likeness (QED) is 0.521. The van der Waals surface area contributed by atoms with Gasteiger partial charge in [0.05, 0.1) is 12.5 Å². The molecule has 5 heteroatoms. The number of pyridine rings is 1. The Labute approximate surface area is 189 Å². The number of carbonyl (C=O) groups excluding carboxylic acids is 2. The molecule has 1 aliphatic rings. The first-order valence-electron chi connectivity index (χ1n) is 10.9. The summed E-state index contributed by atoms with van der Waals surface area (Å²) in [5.41, 5.74) is 4.96. The highest BCUT2D eigenvalue weighted by Gasteiger charge is 2.27.